The molecule has 7 heteroatoms. The number of aromatic nitrogens is 1. The summed E-state index contributed by atoms with van der Waals surface area (Å²) < 4.78 is 5.06. The molecule has 0 aromatic carbocycles. The molecule has 128 valence electrons. The number of hydrogen-bond acceptors (Lipinski definition) is 6. The van der Waals surface area contributed by atoms with Gasteiger partial charge in [0.05, 0.1) is 12.2 Å². The predicted octanol–water partition coefficient (Wildman–Crippen LogP) is 3.48. The Labute approximate surface area is 149 Å². The summed E-state index contributed by atoms with van der Waals surface area (Å²) in [6.07, 6.45) is 4.60. The molecule has 0 aliphatic heterocycles. The third-order valence-electron chi connectivity index (χ3n) is 3.45. The Morgan fingerprint density at radius 1 is 1.44 bits per heavy atom. The average Bonchev–Trinajstić information content (AvgIpc) is 2.87. The van der Waals surface area contributed by atoms with Crippen molar-refractivity contribution < 1.29 is 14.3 Å². The van der Waals surface area contributed by atoms with Gasteiger partial charge in [-0.15, -0.1) is 11.3 Å². The summed E-state index contributed by atoms with van der Waals surface area (Å²) in [5.74, 6) is -1.08. The highest BCUT2D eigenvalue weighted by molar-refractivity contribution is 7.16. The summed E-state index contributed by atoms with van der Waals surface area (Å²) in [5, 5.41) is 12.3. The summed E-state index contributed by atoms with van der Waals surface area (Å²) in [7, 11) is 0. The zero-order valence-electron chi connectivity index (χ0n) is 14.1. The first kappa shape index (κ1) is 18.4. The van der Waals surface area contributed by atoms with Crippen LogP contribution in [0.15, 0.2) is 30.1 Å². The number of hydrogen-bond donors (Lipinski definition) is 1. The Kier molecular flexibility index (Phi) is 6.03. The number of nitrogens with zero attached hydrogens (tertiary/aromatic N) is 2. The van der Waals surface area contributed by atoms with Crippen LogP contribution in [0.3, 0.4) is 0 Å². The topological polar surface area (TPSA) is 92.1 Å². The fraction of sp³-hybridized carbons (Fsp3) is 0.222. The normalized spacial score (nSPS) is 10.9. The van der Waals surface area contributed by atoms with Gasteiger partial charge in [0.15, 0.2) is 0 Å². The molecule has 25 heavy (non-hydrogen) atoms. The quantitative estimate of drug-likeness (QED) is 0.503. The number of anilines is 1. The first-order valence-electron chi connectivity index (χ1n) is 7.58. The van der Waals surface area contributed by atoms with Crippen LogP contribution in [0, 0.1) is 25.2 Å². The van der Waals surface area contributed by atoms with Crippen LogP contribution in [0.5, 0.6) is 0 Å². The van der Waals surface area contributed by atoms with E-state index in [1.54, 1.807) is 38.4 Å². The molecule has 0 aliphatic carbocycles. The van der Waals surface area contributed by atoms with E-state index >= 15 is 0 Å². The Balaban J connectivity index is 2.31. The molecule has 0 bridgehead atoms. The number of rotatable bonds is 5. The van der Waals surface area contributed by atoms with E-state index in [4.69, 9.17) is 4.74 Å². The van der Waals surface area contributed by atoms with E-state index in [9.17, 15) is 14.9 Å². The van der Waals surface area contributed by atoms with Crippen LogP contribution in [0.4, 0.5) is 5.00 Å². The first-order valence-corrected chi connectivity index (χ1v) is 8.39. The highest BCUT2D eigenvalue weighted by Crippen LogP contribution is 2.33. The van der Waals surface area contributed by atoms with Crippen molar-refractivity contribution >= 4 is 34.3 Å². The minimum absolute atomic E-state index is 0.0773. The summed E-state index contributed by atoms with van der Waals surface area (Å²) in [5.41, 5.74) is 1.65. The number of pyridine rings is 1. The number of amides is 1. The zero-order chi connectivity index (χ0) is 18.4. The second kappa shape index (κ2) is 8.22. The van der Waals surface area contributed by atoms with Gasteiger partial charge in [0.2, 0.25) is 0 Å². The summed E-state index contributed by atoms with van der Waals surface area (Å²) in [6.45, 7) is 5.61. The van der Waals surface area contributed by atoms with Gasteiger partial charge in [0.1, 0.15) is 16.6 Å². The van der Waals surface area contributed by atoms with Crippen LogP contribution in [-0.4, -0.2) is 23.5 Å². The molecule has 1 amide bonds. The molecule has 0 saturated carbocycles. The highest BCUT2D eigenvalue weighted by atomic mass is 32.1. The van der Waals surface area contributed by atoms with E-state index in [0.717, 1.165) is 10.4 Å². The van der Waals surface area contributed by atoms with Crippen LogP contribution in [-0.2, 0) is 9.53 Å². The van der Waals surface area contributed by atoms with Crippen molar-refractivity contribution in [3.63, 3.8) is 0 Å². The molecule has 0 aliphatic rings. The number of esters is 1. The number of carbonyl (C=O) groups excluding carboxylic acids is 2. The van der Waals surface area contributed by atoms with Gasteiger partial charge in [-0.3, -0.25) is 9.78 Å². The summed E-state index contributed by atoms with van der Waals surface area (Å²) in [6, 6.07) is 5.32. The van der Waals surface area contributed by atoms with Crippen LogP contribution >= 0.6 is 11.3 Å². The number of carbonyl (C=O) groups is 2. The molecular weight excluding hydrogens is 338 g/mol. The molecule has 2 aromatic heterocycles. The molecule has 0 saturated heterocycles. The molecule has 2 rings (SSSR count). The molecule has 0 unspecified atom stereocenters. The molecular formula is C18H17N3O3S. The monoisotopic (exact) mass is 355 g/mol. The van der Waals surface area contributed by atoms with Gasteiger partial charge in [0, 0.05) is 17.3 Å². The van der Waals surface area contributed by atoms with Crippen molar-refractivity contribution in [2.75, 3.05) is 11.9 Å². The molecule has 0 fully saturated rings. The van der Waals surface area contributed by atoms with Gasteiger partial charge in [-0.05, 0) is 44.0 Å². The maximum Gasteiger partial charge on any atom is 0.341 e. The Morgan fingerprint density at radius 3 is 2.80 bits per heavy atom. The standard InChI is InChI=1S/C18H17N3O3S/c1-4-24-18(23)15-11(2)12(3)25-17(15)21-16(22)14(9-19)8-13-6-5-7-20-10-13/h5-8,10H,4H2,1-3H3,(H,21,22)/b14-8+. The van der Waals surface area contributed by atoms with Crippen LogP contribution < -0.4 is 5.32 Å². The lowest BCUT2D eigenvalue weighted by Crippen LogP contribution is -2.16. The van der Waals surface area contributed by atoms with E-state index in [1.165, 1.54) is 17.4 Å². The molecule has 1 N–H and O–H groups in total. The molecule has 0 spiro atoms. The summed E-state index contributed by atoms with van der Waals surface area (Å²) in [4.78, 5) is 29.4. The average molecular weight is 355 g/mol. The third kappa shape index (κ3) is 4.31. The third-order valence-corrected chi connectivity index (χ3v) is 4.58. The van der Waals surface area contributed by atoms with Crippen LogP contribution in [0.1, 0.15) is 33.3 Å². The maximum atomic E-state index is 12.4. The smallest absolute Gasteiger partial charge is 0.341 e. The van der Waals surface area contributed by atoms with Gasteiger partial charge < -0.3 is 10.1 Å². The number of ether oxygens (including phenoxy) is 1. The number of aryl methyl sites for hydroxylation is 1. The van der Waals surface area contributed by atoms with Crippen LogP contribution in [0.25, 0.3) is 6.08 Å². The van der Waals surface area contributed by atoms with Gasteiger partial charge in [0.25, 0.3) is 5.91 Å². The van der Waals surface area contributed by atoms with Crippen molar-refractivity contribution in [3.05, 3.63) is 51.7 Å². The zero-order valence-corrected chi connectivity index (χ0v) is 14.9. The molecule has 2 aromatic rings. The number of nitriles is 1. The van der Waals surface area contributed by atoms with E-state index < -0.39 is 11.9 Å². The summed E-state index contributed by atoms with van der Waals surface area (Å²) >= 11 is 1.28. The van der Waals surface area contributed by atoms with E-state index in [2.05, 4.69) is 10.3 Å². The minimum Gasteiger partial charge on any atom is -0.462 e. The first-order chi connectivity index (χ1) is 12.0. The highest BCUT2D eigenvalue weighted by Gasteiger charge is 2.23. The Morgan fingerprint density at radius 2 is 2.20 bits per heavy atom. The SMILES string of the molecule is CCOC(=O)c1c(NC(=O)/C(C#N)=C/c2cccnc2)sc(C)c1C. The van der Waals surface area contributed by atoms with Crippen molar-refractivity contribution in [1.29, 1.82) is 5.26 Å². The fourth-order valence-electron chi connectivity index (χ4n) is 2.11. The molecule has 6 nitrogen and oxygen atoms in total. The van der Waals surface area contributed by atoms with Gasteiger partial charge in [-0.1, -0.05) is 6.07 Å². The van der Waals surface area contributed by atoms with Gasteiger partial charge in [-0.2, -0.15) is 5.26 Å². The van der Waals surface area contributed by atoms with Crippen molar-refractivity contribution in [2.45, 2.75) is 20.8 Å². The number of nitrogens with one attached hydrogen (secondary N) is 1. The number of thiophene rings is 1. The van der Waals surface area contributed by atoms with E-state index in [1.807, 2.05) is 13.0 Å². The van der Waals surface area contributed by atoms with Crippen molar-refractivity contribution in [3.8, 4) is 6.07 Å². The lowest BCUT2D eigenvalue weighted by molar-refractivity contribution is -0.112. The largest absolute Gasteiger partial charge is 0.462 e. The van der Waals surface area contributed by atoms with E-state index in [-0.39, 0.29) is 12.2 Å². The molecule has 0 radical (unpaired) electrons. The fourth-order valence-corrected chi connectivity index (χ4v) is 3.15. The van der Waals surface area contributed by atoms with Crippen molar-refractivity contribution in [1.82, 2.24) is 4.98 Å². The lowest BCUT2D eigenvalue weighted by Gasteiger charge is -2.06. The second-order valence-electron chi connectivity index (χ2n) is 5.12. The predicted molar refractivity (Wildman–Crippen MR) is 96.2 cm³/mol. The minimum atomic E-state index is -0.585. The molecule has 0 atom stereocenters. The second-order valence-corrected chi connectivity index (χ2v) is 6.34. The molecule has 2 heterocycles. The van der Waals surface area contributed by atoms with E-state index in [0.29, 0.717) is 16.1 Å². The van der Waals surface area contributed by atoms with Gasteiger partial charge >= 0.3 is 5.97 Å². The Bertz CT molecular complexity index is 864. The Hall–Kier alpha value is -2.98. The lowest BCUT2D eigenvalue weighted by atomic mass is 10.1. The van der Waals surface area contributed by atoms with Gasteiger partial charge in [-0.25, -0.2) is 4.79 Å². The maximum absolute atomic E-state index is 12.4. The van der Waals surface area contributed by atoms with Crippen LogP contribution in [0.2, 0.25) is 0 Å². The van der Waals surface area contributed by atoms with Crippen molar-refractivity contribution in [2.24, 2.45) is 0 Å².